The Bertz CT molecular complexity index is 536. The van der Waals surface area contributed by atoms with Crippen molar-refractivity contribution in [1.82, 2.24) is 14.8 Å². The molecule has 4 N–H and O–H groups in total. The van der Waals surface area contributed by atoms with E-state index in [1.807, 2.05) is 0 Å². The molecular weight excluding hydrogens is 299 g/mol. The van der Waals surface area contributed by atoms with E-state index in [4.69, 9.17) is 10.9 Å². The first-order valence-corrected chi connectivity index (χ1v) is 6.50. The number of nitrogens with two attached hydrogens (primary N) is 1. The highest BCUT2D eigenvalue weighted by molar-refractivity contribution is 7.99. The summed E-state index contributed by atoms with van der Waals surface area (Å²) in [5.41, 5.74) is 4.54. The first-order chi connectivity index (χ1) is 9.18. The van der Waals surface area contributed by atoms with Gasteiger partial charge in [-0.3, -0.25) is 4.57 Å². The van der Waals surface area contributed by atoms with Gasteiger partial charge >= 0.3 is 11.9 Å². The number of hydrogen-bond donors (Lipinski definition) is 3. The van der Waals surface area contributed by atoms with E-state index < -0.39 is 29.4 Å². The van der Waals surface area contributed by atoms with Crippen molar-refractivity contribution in [1.29, 1.82) is 0 Å². The first-order valence-electron chi connectivity index (χ1n) is 5.52. The van der Waals surface area contributed by atoms with Gasteiger partial charge < -0.3 is 10.9 Å². The molecule has 1 unspecified atom stereocenters. The van der Waals surface area contributed by atoms with Crippen molar-refractivity contribution in [2.24, 2.45) is 16.8 Å². The van der Waals surface area contributed by atoms with Crippen LogP contribution in [0.2, 0.25) is 0 Å². The van der Waals surface area contributed by atoms with Gasteiger partial charge in [0.05, 0.1) is 0 Å². The second-order valence-corrected chi connectivity index (χ2v) is 5.19. The van der Waals surface area contributed by atoms with Crippen LogP contribution < -0.4 is 11.4 Å². The topological polar surface area (TPSA) is 109 Å². The average molecular weight is 313 g/mol. The molecule has 0 aromatic carbocycles. The number of amidine groups is 1. The molecular formula is C9H14F3N5O2S. The lowest BCUT2D eigenvalue weighted by Crippen LogP contribution is -2.37. The van der Waals surface area contributed by atoms with Gasteiger partial charge in [0.1, 0.15) is 5.92 Å². The van der Waals surface area contributed by atoms with Gasteiger partial charge in [-0.05, 0) is 13.8 Å². The number of halogens is 3. The zero-order chi connectivity index (χ0) is 15.5. The molecule has 114 valence electrons. The molecule has 0 radical (unpaired) electrons. The predicted octanol–water partition coefficient (Wildman–Crippen LogP) is 1.17. The molecule has 1 atom stereocenters. The molecule has 1 rings (SSSR count). The molecule has 1 aromatic heterocycles. The third kappa shape index (κ3) is 3.68. The summed E-state index contributed by atoms with van der Waals surface area (Å²) < 4.78 is 39.5. The van der Waals surface area contributed by atoms with Gasteiger partial charge in [-0.15, -0.1) is 5.10 Å². The van der Waals surface area contributed by atoms with E-state index in [0.29, 0.717) is 11.8 Å². The third-order valence-corrected chi connectivity index (χ3v) is 3.48. The second kappa shape index (κ2) is 6.20. The van der Waals surface area contributed by atoms with Crippen molar-refractivity contribution in [3.05, 3.63) is 10.5 Å². The number of nitrogens with zero attached hydrogens (tertiary/aromatic N) is 3. The van der Waals surface area contributed by atoms with Gasteiger partial charge in [0, 0.05) is 11.8 Å². The Hall–Kier alpha value is -1.65. The van der Waals surface area contributed by atoms with Crippen LogP contribution in [0.1, 0.15) is 19.9 Å². The number of aromatic amines is 1. The highest BCUT2D eigenvalue weighted by Crippen LogP contribution is 2.31. The van der Waals surface area contributed by atoms with E-state index in [2.05, 4.69) is 15.4 Å². The van der Waals surface area contributed by atoms with E-state index in [0.717, 1.165) is 0 Å². The zero-order valence-electron chi connectivity index (χ0n) is 10.7. The van der Waals surface area contributed by atoms with Crippen LogP contribution in [0.4, 0.5) is 13.2 Å². The standard InChI is InChI=1S/C9H14F3N5O2S/c1-4(2)17-7(18)14-15-8(17)20-3-5(6(13)16-19)9(10,11)12/h4-5,19H,3H2,1-2H3,(H2,13,16)(H,14,18). The van der Waals surface area contributed by atoms with Crippen LogP contribution in [0, 0.1) is 5.92 Å². The molecule has 11 heteroatoms. The molecule has 7 nitrogen and oxygen atoms in total. The summed E-state index contributed by atoms with van der Waals surface area (Å²) >= 11 is 0.704. The molecule has 0 bridgehead atoms. The molecule has 1 aromatic rings. The van der Waals surface area contributed by atoms with Gasteiger partial charge in [-0.2, -0.15) is 13.2 Å². The lowest BCUT2D eigenvalue weighted by Gasteiger charge is -2.18. The van der Waals surface area contributed by atoms with Crippen LogP contribution in [0.25, 0.3) is 0 Å². The van der Waals surface area contributed by atoms with Gasteiger partial charge in [0.2, 0.25) is 0 Å². The highest BCUT2D eigenvalue weighted by Gasteiger charge is 2.43. The fourth-order valence-electron chi connectivity index (χ4n) is 1.42. The predicted molar refractivity (Wildman–Crippen MR) is 66.9 cm³/mol. The number of nitrogens with one attached hydrogen (secondary N) is 1. The van der Waals surface area contributed by atoms with Crippen LogP contribution >= 0.6 is 11.8 Å². The maximum Gasteiger partial charge on any atom is 0.399 e. The Kier molecular flexibility index (Phi) is 5.09. The van der Waals surface area contributed by atoms with Gasteiger partial charge in [0.15, 0.2) is 11.0 Å². The monoisotopic (exact) mass is 313 g/mol. The molecule has 0 aliphatic carbocycles. The summed E-state index contributed by atoms with van der Waals surface area (Å²) in [5.74, 6) is -3.60. The van der Waals surface area contributed by atoms with Gasteiger partial charge in [0.25, 0.3) is 0 Å². The smallest absolute Gasteiger partial charge is 0.399 e. The highest BCUT2D eigenvalue weighted by atomic mass is 32.2. The second-order valence-electron chi connectivity index (χ2n) is 4.21. The van der Waals surface area contributed by atoms with Crippen molar-refractivity contribution < 1.29 is 18.4 Å². The summed E-state index contributed by atoms with van der Waals surface area (Å²) in [6.45, 7) is 3.40. The summed E-state index contributed by atoms with van der Waals surface area (Å²) in [6.07, 6.45) is -4.65. The maximum atomic E-state index is 12.7. The lowest BCUT2D eigenvalue weighted by atomic mass is 10.1. The fourth-order valence-corrected chi connectivity index (χ4v) is 2.64. The summed E-state index contributed by atoms with van der Waals surface area (Å²) in [6, 6.07) is -0.253. The van der Waals surface area contributed by atoms with Crippen molar-refractivity contribution >= 4 is 17.6 Å². The normalized spacial score (nSPS) is 14.8. The minimum absolute atomic E-state index is 0.116. The summed E-state index contributed by atoms with van der Waals surface area (Å²) in [5, 5.41) is 16.7. The molecule has 0 saturated heterocycles. The largest absolute Gasteiger partial charge is 0.409 e. The Morgan fingerprint density at radius 1 is 1.60 bits per heavy atom. The number of thioether (sulfide) groups is 1. The van der Waals surface area contributed by atoms with Crippen LogP contribution in [0.5, 0.6) is 0 Å². The quantitative estimate of drug-likeness (QED) is 0.248. The molecule has 20 heavy (non-hydrogen) atoms. The number of hydrogen-bond acceptors (Lipinski definition) is 5. The van der Waals surface area contributed by atoms with E-state index in [1.165, 1.54) is 4.57 Å². The van der Waals surface area contributed by atoms with E-state index in [1.54, 1.807) is 13.8 Å². The molecule has 0 fully saturated rings. The summed E-state index contributed by atoms with van der Waals surface area (Å²) in [4.78, 5) is 11.4. The number of aromatic nitrogens is 3. The minimum Gasteiger partial charge on any atom is -0.409 e. The molecule has 0 spiro atoms. The molecule has 0 aliphatic rings. The maximum absolute atomic E-state index is 12.7. The van der Waals surface area contributed by atoms with Crippen molar-refractivity contribution in [2.75, 3.05) is 5.75 Å². The van der Waals surface area contributed by atoms with E-state index in [9.17, 15) is 18.0 Å². The van der Waals surface area contributed by atoms with Gasteiger partial charge in [-0.25, -0.2) is 9.89 Å². The summed E-state index contributed by atoms with van der Waals surface area (Å²) in [7, 11) is 0. The molecule has 0 saturated carbocycles. The van der Waals surface area contributed by atoms with E-state index in [-0.39, 0.29) is 11.2 Å². The number of oxime groups is 1. The SMILES string of the molecule is CC(C)n1c(SCC(C(N)=NO)C(F)(F)F)n[nH]c1=O. The zero-order valence-corrected chi connectivity index (χ0v) is 11.5. The van der Waals surface area contributed by atoms with Crippen molar-refractivity contribution in [3.8, 4) is 0 Å². The van der Waals surface area contributed by atoms with Gasteiger partial charge in [-0.1, -0.05) is 16.9 Å². The van der Waals surface area contributed by atoms with Crippen molar-refractivity contribution in [2.45, 2.75) is 31.2 Å². The van der Waals surface area contributed by atoms with Crippen LogP contribution in [0.3, 0.4) is 0 Å². The molecule has 1 heterocycles. The minimum atomic E-state index is -4.65. The molecule has 0 aliphatic heterocycles. The number of rotatable bonds is 5. The number of alkyl halides is 3. The van der Waals surface area contributed by atoms with E-state index >= 15 is 0 Å². The Balaban J connectivity index is 2.92. The Labute approximate surface area is 116 Å². The third-order valence-electron chi connectivity index (χ3n) is 2.44. The first kappa shape index (κ1) is 16.4. The Morgan fingerprint density at radius 3 is 2.65 bits per heavy atom. The average Bonchev–Trinajstić information content (AvgIpc) is 2.68. The lowest BCUT2D eigenvalue weighted by molar-refractivity contribution is -0.150. The van der Waals surface area contributed by atoms with Crippen molar-refractivity contribution in [3.63, 3.8) is 0 Å². The number of H-pyrrole nitrogens is 1. The fraction of sp³-hybridized carbons (Fsp3) is 0.667. The van der Waals surface area contributed by atoms with Crippen LogP contribution in [0.15, 0.2) is 15.1 Å². The molecule has 0 amide bonds. The van der Waals surface area contributed by atoms with Crippen LogP contribution in [-0.2, 0) is 0 Å². The Morgan fingerprint density at radius 2 is 2.20 bits per heavy atom. The van der Waals surface area contributed by atoms with Crippen LogP contribution in [-0.4, -0.2) is 37.7 Å².